The first-order chi connectivity index (χ1) is 16.0. The lowest BCUT2D eigenvalue weighted by atomic mass is 9.56. The van der Waals surface area contributed by atoms with Crippen molar-refractivity contribution in [1.82, 2.24) is 4.90 Å². The van der Waals surface area contributed by atoms with Crippen LogP contribution in [0.5, 0.6) is 0 Å². The van der Waals surface area contributed by atoms with E-state index >= 15 is 0 Å². The number of likely N-dealkylation sites (N-methyl/N-ethyl adjacent to an activating group) is 1. The maximum absolute atomic E-state index is 14.3. The van der Waals surface area contributed by atoms with Crippen LogP contribution in [0.1, 0.15) is 79.6 Å². The number of carbonyl (C=O) groups excluding carboxylic acids is 1. The van der Waals surface area contributed by atoms with Gasteiger partial charge in [0.1, 0.15) is 0 Å². The number of piperidine rings is 1. The summed E-state index contributed by atoms with van der Waals surface area (Å²) in [4.78, 5) is 16.7. The highest BCUT2D eigenvalue weighted by molar-refractivity contribution is 6.02. The van der Waals surface area contributed by atoms with Crippen LogP contribution in [-0.4, -0.2) is 54.7 Å². The van der Waals surface area contributed by atoms with E-state index in [1.54, 1.807) is 0 Å². The Kier molecular flexibility index (Phi) is 6.22. The van der Waals surface area contributed by atoms with E-state index in [1.807, 2.05) is 7.11 Å². The molecular formula is C30H47NO3. The molecule has 34 heavy (non-hydrogen) atoms. The van der Waals surface area contributed by atoms with Gasteiger partial charge in [-0.15, -0.1) is 0 Å². The van der Waals surface area contributed by atoms with E-state index in [0.717, 1.165) is 51.5 Å². The number of likely N-dealkylation sites (tertiary alicyclic amines) is 1. The number of methoxy groups -OCH3 is 1. The molecule has 0 bridgehead atoms. The van der Waals surface area contributed by atoms with Gasteiger partial charge in [0.05, 0.1) is 12.2 Å². The summed E-state index contributed by atoms with van der Waals surface area (Å²) in [6.45, 7) is 12.7. The molecular weight excluding hydrogens is 422 g/mol. The molecule has 0 aromatic rings. The predicted molar refractivity (Wildman–Crippen MR) is 136 cm³/mol. The Morgan fingerprint density at radius 3 is 2.65 bits per heavy atom. The van der Waals surface area contributed by atoms with Gasteiger partial charge < -0.3 is 14.7 Å². The van der Waals surface area contributed by atoms with Gasteiger partial charge in [-0.05, 0) is 99.0 Å². The standard InChI is InChI=1S/C30H47NO3/c1-17-14-24(32)27(31(6)16-17)19(3)29(4)13-11-22-23-9-8-20-15-21(34-7)10-12-30(20,5)26(23)28(33)25(22)18(29)2/h8,17,19,21-24,26-27,32H,9-16H2,1-7H3/t17-,19+,21-,22-,23-,24+,26+,27-,29+,30-/m0/s1. The van der Waals surface area contributed by atoms with Crippen molar-refractivity contribution in [2.75, 3.05) is 20.7 Å². The van der Waals surface area contributed by atoms with Crippen LogP contribution in [0.3, 0.4) is 0 Å². The number of Topliss-reactive ketones (excluding diaryl/α,β-unsaturated/α-hetero) is 1. The third-order valence-corrected chi connectivity index (χ3v) is 11.6. The van der Waals surface area contributed by atoms with E-state index in [-0.39, 0.29) is 28.9 Å². The largest absolute Gasteiger partial charge is 0.391 e. The molecule has 4 aliphatic carbocycles. The van der Waals surface area contributed by atoms with Gasteiger partial charge in [0.25, 0.3) is 0 Å². The Morgan fingerprint density at radius 1 is 1.24 bits per heavy atom. The van der Waals surface area contributed by atoms with E-state index < -0.39 is 0 Å². The number of hydrogen-bond acceptors (Lipinski definition) is 4. The van der Waals surface area contributed by atoms with Crippen LogP contribution in [0.2, 0.25) is 0 Å². The number of ether oxygens (including phenoxy) is 1. The molecule has 1 aliphatic heterocycles. The molecule has 190 valence electrons. The van der Waals surface area contributed by atoms with E-state index in [0.29, 0.717) is 35.6 Å². The highest BCUT2D eigenvalue weighted by Crippen LogP contribution is 2.63. The number of allylic oxidation sites excluding steroid dienone is 3. The van der Waals surface area contributed by atoms with Crippen molar-refractivity contribution >= 4 is 5.78 Å². The number of fused-ring (bicyclic) bond motifs is 5. The van der Waals surface area contributed by atoms with E-state index in [2.05, 4.69) is 52.6 Å². The van der Waals surface area contributed by atoms with Gasteiger partial charge in [0.15, 0.2) is 5.78 Å². The van der Waals surface area contributed by atoms with Crippen molar-refractivity contribution in [3.05, 3.63) is 22.8 Å². The molecule has 0 amide bonds. The topological polar surface area (TPSA) is 49.8 Å². The first kappa shape index (κ1) is 24.7. The second-order valence-corrected chi connectivity index (χ2v) is 13.2. The lowest BCUT2D eigenvalue weighted by Crippen LogP contribution is -2.56. The number of aliphatic hydroxyl groups is 1. The summed E-state index contributed by atoms with van der Waals surface area (Å²) >= 11 is 0. The molecule has 3 fully saturated rings. The zero-order valence-corrected chi connectivity index (χ0v) is 22.6. The number of ketones is 1. The minimum absolute atomic E-state index is 0.00239. The Bertz CT molecular complexity index is 895. The van der Waals surface area contributed by atoms with Crippen LogP contribution >= 0.6 is 0 Å². The molecule has 4 heteroatoms. The predicted octanol–water partition coefficient (Wildman–Crippen LogP) is 5.41. The number of nitrogens with zero attached hydrogens (tertiary/aromatic N) is 1. The minimum Gasteiger partial charge on any atom is -0.391 e. The van der Waals surface area contributed by atoms with Crippen molar-refractivity contribution < 1.29 is 14.6 Å². The zero-order valence-electron chi connectivity index (χ0n) is 22.6. The molecule has 0 aromatic carbocycles. The fourth-order valence-electron chi connectivity index (χ4n) is 9.37. The highest BCUT2D eigenvalue weighted by Gasteiger charge is 2.60. The number of hydrogen-bond donors (Lipinski definition) is 1. The quantitative estimate of drug-likeness (QED) is 0.562. The van der Waals surface area contributed by atoms with Crippen molar-refractivity contribution in [1.29, 1.82) is 0 Å². The van der Waals surface area contributed by atoms with Crippen LogP contribution in [0.15, 0.2) is 22.8 Å². The molecule has 0 spiro atoms. The minimum atomic E-state index is -0.292. The molecule has 1 N–H and O–H groups in total. The maximum atomic E-state index is 14.3. The van der Waals surface area contributed by atoms with Gasteiger partial charge in [0.2, 0.25) is 0 Å². The van der Waals surface area contributed by atoms with E-state index in [4.69, 9.17) is 4.74 Å². The summed E-state index contributed by atoms with van der Waals surface area (Å²) in [5.74, 6) is 2.32. The SMILES string of the molecule is CO[C@H]1CC[C@@]2(C)C(=CC[C@H]3[C@@H]4CC[C@@](C)([C@H](C)[C@H]5[C@H](O)C[C@H](C)CN5C)C(C)=C4C(=O)[C@@H]32)C1. The Balaban J connectivity index is 1.48. The molecule has 2 saturated carbocycles. The summed E-state index contributed by atoms with van der Waals surface area (Å²) < 4.78 is 5.71. The molecule has 1 heterocycles. The maximum Gasteiger partial charge on any atom is 0.163 e. The molecule has 5 aliphatic rings. The molecule has 0 unspecified atom stereocenters. The average molecular weight is 470 g/mol. The lowest BCUT2D eigenvalue weighted by Gasteiger charge is -2.51. The molecule has 0 radical (unpaired) electrons. The number of carbonyl (C=O) groups is 1. The number of rotatable bonds is 3. The Morgan fingerprint density at radius 2 is 1.97 bits per heavy atom. The second kappa shape index (κ2) is 8.56. The van der Waals surface area contributed by atoms with Gasteiger partial charge in [-0.25, -0.2) is 0 Å². The van der Waals surface area contributed by atoms with Gasteiger partial charge in [0, 0.05) is 25.6 Å². The third kappa shape index (κ3) is 3.45. The Labute approximate surface area is 207 Å². The van der Waals surface area contributed by atoms with Gasteiger partial charge in [-0.1, -0.05) is 44.9 Å². The van der Waals surface area contributed by atoms with Crippen molar-refractivity contribution in [3.63, 3.8) is 0 Å². The van der Waals surface area contributed by atoms with Crippen LogP contribution in [0, 0.1) is 40.4 Å². The second-order valence-electron chi connectivity index (χ2n) is 13.2. The first-order valence-corrected chi connectivity index (χ1v) is 13.9. The van der Waals surface area contributed by atoms with Crippen molar-refractivity contribution in [3.8, 4) is 0 Å². The smallest absolute Gasteiger partial charge is 0.163 e. The van der Waals surface area contributed by atoms with Crippen LogP contribution in [-0.2, 0) is 9.53 Å². The summed E-state index contributed by atoms with van der Waals surface area (Å²) in [6.07, 6.45) is 9.78. The van der Waals surface area contributed by atoms with Crippen LogP contribution in [0.4, 0.5) is 0 Å². The zero-order chi connectivity index (χ0) is 24.6. The van der Waals surface area contributed by atoms with Gasteiger partial charge in [-0.3, -0.25) is 4.79 Å². The molecule has 5 rings (SSSR count). The Hall–Kier alpha value is -0.970. The first-order valence-electron chi connectivity index (χ1n) is 13.9. The van der Waals surface area contributed by atoms with Crippen molar-refractivity contribution in [2.24, 2.45) is 40.4 Å². The normalized spacial score (nSPS) is 48.2. The summed E-state index contributed by atoms with van der Waals surface area (Å²) in [7, 11) is 4.00. The molecule has 0 aromatic heterocycles. The monoisotopic (exact) mass is 469 g/mol. The fourth-order valence-corrected chi connectivity index (χ4v) is 9.37. The fraction of sp³-hybridized carbons (Fsp3) is 0.833. The lowest BCUT2D eigenvalue weighted by molar-refractivity contribution is -0.123. The molecule has 10 atom stereocenters. The van der Waals surface area contributed by atoms with E-state index in [9.17, 15) is 9.90 Å². The van der Waals surface area contributed by atoms with E-state index in [1.165, 1.54) is 16.7 Å². The third-order valence-electron chi connectivity index (χ3n) is 11.6. The summed E-state index contributed by atoms with van der Waals surface area (Å²) in [5.41, 5.74) is 3.96. The van der Waals surface area contributed by atoms with Crippen molar-refractivity contribution in [2.45, 2.75) is 97.8 Å². The highest BCUT2D eigenvalue weighted by atomic mass is 16.5. The summed E-state index contributed by atoms with van der Waals surface area (Å²) in [5, 5.41) is 11.1. The summed E-state index contributed by atoms with van der Waals surface area (Å²) in [6, 6.07) is 0.155. The number of aliphatic hydroxyl groups excluding tert-OH is 1. The molecule has 4 nitrogen and oxygen atoms in total. The van der Waals surface area contributed by atoms with Crippen LogP contribution in [0.25, 0.3) is 0 Å². The van der Waals surface area contributed by atoms with Crippen LogP contribution < -0.4 is 0 Å². The molecule has 1 saturated heterocycles. The van der Waals surface area contributed by atoms with Gasteiger partial charge >= 0.3 is 0 Å². The average Bonchev–Trinajstić information content (AvgIpc) is 3.08. The van der Waals surface area contributed by atoms with Gasteiger partial charge in [-0.2, -0.15) is 0 Å².